The van der Waals surface area contributed by atoms with E-state index in [1.807, 2.05) is 12.1 Å². The predicted molar refractivity (Wildman–Crippen MR) is 99.3 cm³/mol. The average molecular weight is 323 g/mol. The van der Waals surface area contributed by atoms with Crippen molar-refractivity contribution in [1.82, 2.24) is 0 Å². The van der Waals surface area contributed by atoms with Crippen molar-refractivity contribution in [2.45, 2.75) is 13.8 Å². The third kappa shape index (κ3) is 2.51. The molecule has 3 aromatic rings. The summed E-state index contributed by atoms with van der Waals surface area (Å²) in [5.41, 5.74) is 2.55. The molecule has 2 heteroatoms. The molecule has 0 fully saturated rings. The van der Waals surface area contributed by atoms with Gasteiger partial charge in [0.2, 0.25) is 7.38 Å². The summed E-state index contributed by atoms with van der Waals surface area (Å²) in [5.74, 6) is 0. The Hall–Kier alpha value is -1.83. The number of rotatable bonds is 3. The summed E-state index contributed by atoms with van der Waals surface area (Å²) in [7, 11) is -2.49. The third-order valence-electron chi connectivity index (χ3n) is 4.17. The van der Waals surface area contributed by atoms with Crippen molar-refractivity contribution in [2.75, 3.05) is 0 Å². The largest absolute Gasteiger partial charge is 0.248 e. The molecular formula is C20H19ClSi. The second-order valence-electron chi connectivity index (χ2n) is 5.66. The first kappa shape index (κ1) is 15.1. The highest BCUT2D eigenvalue weighted by Gasteiger charge is 2.39. The molecule has 22 heavy (non-hydrogen) atoms. The van der Waals surface area contributed by atoms with E-state index in [0.717, 1.165) is 0 Å². The van der Waals surface area contributed by atoms with Crippen molar-refractivity contribution < 1.29 is 0 Å². The molecule has 0 saturated heterocycles. The molecule has 0 bridgehead atoms. The lowest BCUT2D eigenvalue weighted by molar-refractivity contribution is 1.42. The highest BCUT2D eigenvalue weighted by Crippen LogP contribution is 2.16. The van der Waals surface area contributed by atoms with Crippen LogP contribution in [0.15, 0.2) is 78.9 Å². The summed E-state index contributed by atoms with van der Waals surface area (Å²) in [6.07, 6.45) is 0. The fraction of sp³-hybridized carbons (Fsp3) is 0.100. The van der Waals surface area contributed by atoms with Crippen LogP contribution < -0.4 is 15.6 Å². The zero-order chi connectivity index (χ0) is 15.6. The Labute approximate surface area is 138 Å². The van der Waals surface area contributed by atoms with Crippen LogP contribution in [0.3, 0.4) is 0 Å². The first-order valence-corrected chi connectivity index (χ1v) is 10.5. The molecule has 0 N–H and O–H groups in total. The molecule has 0 radical (unpaired) electrons. The van der Waals surface area contributed by atoms with E-state index in [1.54, 1.807) is 0 Å². The van der Waals surface area contributed by atoms with Crippen LogP contribution in [0.2, 0.25) is 0 Å². The highest BCUT2D eigenvalue weighted by molar-refractivity contribution is 7.40. The van der Waals surface area contributed by atoms with E-state index >= 15 is 0 Å². The van der Waals surface area contributed by atoms with Crippen molar-refractivity contribution in [3.8, 4) is 0 Å². The number of aryl methyl sites for hydroxylation is 2. The molecule has 0 aliphatic heterocycles. The molecule has 0 aromatic heterocycles. The number of hydrogen-bond donors (Lipinski definition) is 0. The van der Waals surface area contributed by atoms with Crippen LogP contribution in [-0.2, 0) is 0 Å². The van der Waals surface area contributed by atoms with Crippen molar-refractivity contribution in [3.63, 3.8) is 0 Å². The van der Waals surface area contributed by atoms with Crippen molar-refractivity contribution in [2.24, 2.45) is 0 Å². The Morgan fingerprint density at radius 2 is 1.00 bits per heavy atom. The van der Waals surface area contributed by atoms with Crippen LogP contribution in [0.1, 0.15) is 11.1 Å². The van der Waals surface area contributed by atoms with E-state index in [0.29, 0.717) is 0 Å². The molecule has 0 nitrogen and oxygen atoms in total. The monoisotopic (exact) mass is 322 g/mol. The molecule has 0 amide bonds. The molecule has 0 atom stereocenters. The van der Waals surface area contributed by atoms with Gasteiger partial charge in [0.15, 0.2) is 0 Å². The number of hydrogen-bond acceptors (Lipinski definition) is 0. The van der Waals surface area contributed by atoms with E-state index in [4.69, 9.17) is 11.1 Å². The molecule has 3 rings (SSSR count). The van der Waals surface area contributed by atoms with E-state index in [-0.39, 0.29) is 0 Å². The molecule has 0 aliphatic rings. The fourth-order valence-corrected chi connectivity index (χ4v) is 8.27. The lowest BCUT2D eigenvalue weighted by atomic mass is 10.2. The van der Waals surface area contributed by atoms with Crippen LogP contribution in [0.5, 0.6) is 0 Å². The van der Waals surface area contributed by atoms with Gasteiger partial charge in [-0.1, -0.05) is 78.9 Å². The first-order chi connectivity index (χ1) is 10.6. The van der Waals surface area contributed by atoms with Crippen LogP contribution in [-0.4, -0.2) is 7.38 Å². The van der Waals surface area contributed by atoms with Gasteiger partial charge in [0.05, 0.1) is 0 Å². The standard InChI is InChI=1S/C20H19ClSi/c1-16-10-9-11-17(2)20(16)22(21,18-12-5-3-6-13-18)19-14-7-4-8-15-19/h3-15H,1-2H3. The number of halogens is 1. The second kappa shape index (κ2) is 6.11. The van der Waals surface area contributed by atoms with E-state index in [1.165, 1.54) is 26.7 Å². The van der Waals surface area contributed by atoms with Crippen LogP contribution in [0.4, 0.5) is 0 Å². The van der Waals surface area contributed by atoms with Crippen molar-refractivity contribution in [3.05, 3.63) is 90.0 Å². The normalized spacial score (nSPS) is 11.4. The van der Waals surface area contributed by atoms with Gasteiger partial charge in [-0.3, -0.25) is 0 Å². The Bertz CT molecular complexity index is 706. The second-order valence-corrected chi connectivity index (χ2v) is 10.3. The van der Waals surface area contributed by atoms with Crippen LogP contribution in [0, 0.1) is 13.8 Å². The summed E-state index contributed by atoms with van der Waals surface area (Å²) in [6.45, 7) is 4.33. The molecule has 0 saturated carbocycles. The van der Waals surface area contributed by atoms with E-state index in [2.05, 4.69) is 80.6 Å². The Kier molecular flexibility index (Phi) is 4.19. The van der Waals surface area contributed by atoms with Crippen molar-refractivity contribution >= 4 is 34.0 Å². The van der Waals surface area contributed by atoms with Gasteiger partial charge >= 0.3 is 0 Å². The summed E-state index contributed by atoms with van der Waals surface area (Å²) < 4.78 is 0. The highest BCUT2D eigenvalue weighted by atomic mass is 35.6. The molecule has 0 spiro atoms. The number of benzene rings is 3. The van der Waals surface area contributed by atoms with Gasteiger partial charge in [-0.15, -0.1) is 11.1 Å². The maximum atomic E-state index is 7.46. The first-order valence-electron chi connectivity index (χ1n) is 7.50. The summed E-state index contributed by atoms with van der Waals surface area (Å²) >= 11 is 7.46. The summed E-state index contributed by atoms with van der Waals surface area (Å²) in [5, 5.41) is 3.79. The smallest absolute Gasteiger partial charge is 0.149 e. The average Bonchev–Trinajstić information content (AvgIpc) is 2.56. The fourth-order valence-electron chi connectivity index (χ4n) is 3.15. The van der Waals surface area contributed by atoms with Gasteiger partial charge in [-0.05, 0) is 40.5 Å². The molecule has 0 aliphatic carbocycles. The topological polar surface area (TPSA) is 0 Å². The van der Waals surface area contributed by atoms with Gasteiger partial charge < -0.3 is 0 Å². The van der Waals surface area contributed by atoms with E-state index in [9.17, 15) is 0 Å². The Morgan fingerprint density at radius 1 is 0.591 bits per heavy atom. The maximum Gasteiger partial charge on any atom is 0.248 e. The minimum Gasteiger partial charge on any atom is -0.149 e. The van der Waals surface area contributed by atoms with E-state index < -0.39 is 7.38 Å². The van der Waals surface area contributed by atoms with Gasteiger partial charge in [0.25, 0.3) is 0 Å². The van der Waals surface area contributed by atoms with Gasteiger partial charge in [-0.25, -0.2) is 0 Å². The Balaban J connectivity index is 2.34. The quantitative estimate of drug-likeness (QED) is 0.393. The molecule has 110 valence electrons. The predicted octanol–water partition coefficient (Wildman–Crippen LogP) is 3.51. The van der Waals surface area contributed by atoms with Gasteiger partial charge in [0, 0.05) is 0 Å². The SMILES string of the molecule is Cc1cccc(C)c1[Si](Cl)(c1ccccc1)c1ccccc1. The maximum absolute atomic E-state index is 7.46. The Morgan fingerprint density at radius 3 is 1.41 bits per heavy atom. The lowest BCUT2D eigenvalue weighted by Gasteiger charge is -2.29. The van der Waals surface area contributed by atoms with Gasteiger partial charge in [-0.2, -0.15) is 0 Å². The minimum atomic E-state index is -2.49. The molecular weight excluding hydrogens is 304 g/mol. The summed E-state index contributed by atoms with van der Waals surface area (Å²) in [4.78, 5) is 0. The summed E-state index contributed by atoms with van der Waals surface area (Å²) in [6, 6.07) is 27.5. The molecule has 0 heterocycles. The van der Waals surface area contributed by atoms with Crippen molar-refractivity contribution in [1.29, 1.82) is 0 Å². The zero-order valence-corrected chi connectivity index (χ0v) is 14.6. The lowest BCUT2D eigenvalue weighted by Crippen LogP contribution is -2.64. The van der Waals surface area contributed by atoms with Gasteiger partial charge in [0.1, 0.15) is 0 Å². The van der Waals surface area contributed by atoms with Crippen LogP contribution >= 0.6 is 11.1 Å². The minimum absolute atomic E-state index is 1.24. The zero-order valence-electron chi connectivity index (χ0n) is 12.9. The molecule has 3 aromatic carbocycles. The third-order valence-corrected chi connectivity index (χ3v) is 9.78. The van der Waals surface area contributed by atoms with Crippen LogP contribution in [0.25, 0.3) is 0 Å². The molecule has 0 unspecified atom stereocenters.